The van der Waals surface area contributed by atoms with Gasteiger partial charge in [0, 0.05) is 23.0 Å². The summed E-state index contributed by atoms with van der Waals surface area (Å²) in [6, 6.07) is 6.95. The van der Waals surface area contributed by atoms with Crippen LogP contribution in [-0.2, 0) is 9.84 Å². The Hall–Kier alpha value is -1.85. The first kappa shape index (κ1) is 12.9. The zero-order valence-electron chi connectivity index (χ0n) is 10.9. The molecule has 1 aliphatic carbocycles. The summed E-state index contributed by atoms with van der Waals surface area (Å²) in [4.78, 5) is 5.15. The fraction of sp³-hybridized carbons (Fsp3) is 0.133. The number of halogens is 1. The first-order valence-electron chi connectivity index (χ1n) is 6.58. The molecular formula is C15H11ClN2O2S. The summed E-state index contributed by atoms with van der Waals surface area (Å²) in [5.41, 5.74) is 2.67. The zero-order valence-corrected chi connectivity index (χ0v) is 12.5. The molecule has 4 rings (SSSR count). The van der Waals surface area contributed by atoms with Gasteiger partial charge in [-0.25, -0.2) is 13.4 Å². The van der Waals surface area contributed by atoms with Crippen molar-refractivity contribution in [3.8, 4) is 0 Å². The van der Waals surface area contributed by atoms with Crippen molar-refractivity contribution < 1.29 is 8.42 Å². The van der Waals surface area contributed by atoms with E-state index in [0.717, 1.165) is 5.70 Å². The predicted molar refractivity (Wildman–Crippen MR) is 81.6 cm³/mol. The van der Waals surface area contributed by atoms with Gasteiger partial charge in [0.2, 0.25) is 9.84 Å². The molecule has 0 fully saturated rings. The second-order valence-corrected chi connectivity index (χ2v) is 7.35. The van der Waals surface area contributed by atoms with Crippen LogP contribution in [0.1, 0.15) is 18.4 Å². The topological polar surface area (TPSA) is 58.5 Å². The minimum atomic E-state index is -3.47. The van der Waals surface area contributed by atoms with Crippen LogP contribution in [0.25, 0.3) is 0 Å². The molecule has 0 amide bonds. The molecule has 1 aromatic rings. The van der Waals surface area contributed by atoms with Crippen molar-refractivity contribution in [1.82, 2.24) is 5.32 Å². The lowest BCUT2D eigenvalue weighted by molar-refractivity contribution is 0.598. The predicted octanol–water partition coefficient (Wildman–Crippen LogP) is 2.84. The van der Waals surface area contributed by atoms with Gasteiger partial charge in [-0.3, -0.25) is 0 Å². The lowest BCUT2D eigenvalue weighted by atomic mass is 9.94. The second-order valence-electron chi connectivity index (χ2n) is 5.03. The number of rotatable bonds is 0. The number of sulfone groups is 1. The molecule has 0 saturated carbocycles. The minimum Gasteiger partial charge on any atom is -0.359 e. The van der Waals surface area contributed by atoms with Gasteiger partial charge in [0.25, 0.3) is 0 Å². The van der Waals surface area contributed by atoms with Gasteiger partial charge in [-0.05, 0) is 18.9 Å². The third-order valence-electron chi connectivity index (χ3n) is 3.83. The highest BCUT2D eigenvalue weighted by Crippen LogP contribution is 2.41. The van der Waals surface area contributed by atoms with Crippen LogP contribution in [0.3, 0.4) is 0 Å². The summed E-state index contributed by atoms with van der Waals surface area (Å²) in [7, 11) is -3.47. The van der Waals surface area contributed by atoms with Crippen LogP contribution >= 0.6 is 11.6 Å². The summed E-state index contributed by atoms with van der Waals surface area (Å²) in [5.74, 6) is 0. The van der Waals surface area contributed by atoms with E-state index in [2.05, 4.69) is 10.3 Å². The number of fused-ring (bicyclic) bond motifs is 2. The van der Waals surface area contributed by atoms with Crippen molar-refractivity contribution in [2.75, 3.05) is 0 Å². The van der Waals surface area contributed by atoms with E-state index >= 15 is 0 Å². The molecule has 2 aliphatic heterocycles. The summed E-state index contributed by atoms with van der Waals surface area (Å²) < 4.78 is 25.7. The quantitative estimate of drug-likeness (QED) is 0.748. The van der Waals surface area contributed by atoms with Gasteiger partial charge < -0.3 is 5.32 Å². The molecule has 106 valence electrons. The molecule has 1 aromatic carbocycles. The molecule has 0 spiro atoms. The van der Waals surface area contributed by atoms with Crippen molar-refractivity contribution in [1.29, 1.82) is 0 Å². The maximum atomic E-state index is 12.8. The molecule has 0 radical (unpaired) electrons. The molecule has 21 heavy (non-hydrogen) atoms. The standard InChI is InChI=1S/C15H11ClN2O2S/c16-13-8-17-10-5-3-7-12-14(10)15(18-13)9-4-1-2-6-11(9)21(12,19)20/h1-2,4-6,8,17H,3,7H2. The lowest BCUT2D eigenvalue weighted by Gasteiger charge is -2.27. The SMILES string of the molecule is O=S1(=O)C2=C3C(=CCC2)NC=C(Cl)N=C3c2ccccc21. The van der Waals surface area contributed by atoms with E-state index in [-0.39, 0.29) is 0 Å². The molecule has 0 bridgehead atoms. The third kappa shape index (κ3) is 1.74. The highest BCUT2D eigenvalue weighted by molar-refractivity contribution is 7.95. The van der Waals surface area contributed by atoms with Gasteiger partial charge in [0.15, 0.2) is 0 Å². The molecule has 0 aromatic heterocycles. The van der Waals surface area contributed by atoms with Gasteiger partial charge >= 0.3 is 0 Å². The molecule has 3 aliphatic rings. The Morgan fingerprint density at radius 3 is 2.90 bits per heavy atom. The van der Waals surface area contributed by atoms with E-state index in [1.165, 1.54) is 0 Å². The largest absolute Gasteiger partial charge is 0.359 e. The van der Waals surface area contributed by atoms with Gasteiger partial charge in [-0.1, -0.05) is 35.9 Å². The van der Waals surface area contributed by atoms with E-state index < -0.39 is 9.84 Å². The van der Waals surface area contributed by atoms with E-state index in [1.807, 2.05) is 12.1 Å². The summed E-state index contributed by atoms with van der Waals surface area (Å²) in [5, 5.41) is 3.37. The fourth-order valence-electron chi connectivity index (χ4n) is 2.94. The summed E-state index contributed by atoms with van der Waals surface area (Å²) in [6.07, 6.45) is 4.75. The highest BCUT2D eigenvalue weighted by atomic mass is 35.5. The number of allylic oxidation sites excluding steroid dienone is 3. The fourth-order valence-corrected chi connectivity index (χ4v) is 4.92. The van der Waals surface area contributed by atoms with Crippen molar-refractivity contribution in [2.24, 2.45) is 4.99 Å². The first-order valence-corrected chi connectivity index (χ1v) is 8.44. The monoisotopic (exact) mass is 318 g/mol. The Morgan fingerprint density at radius 1 is 1.24 bits per heavy atom. The van der Waals surface area contributed by atoms with Crippen LogP contribution in [0.5, 0.6) is 0 Å². The smallest absolute Gasteiger partial charge is 0.204 e. The maximum Gasteiger partial charge on any atom is 0.204 e. The normalized spacial score (nSPS) is 22.0. The number of nitrogens with zero attached hydrogens (tertiary/aromatic N) is 1. The van der Waals surface area contributed by atoms with Gasteiger partial charge in [-0.15, -0.1) is 0 Å². The van der Waals surface area contributed by atoms with Crippen LogP contribution < -0.4 is 5.32 Å². The molecular weight excluding hydrogens is 308 g/mol. The number of hydrogen-bond acceptors (Lipinski definition) is 4. The van der Waals surface area contributed by atoms with E-state index in [0.29, 0.717) is 44.6 Å². The number of nitrogens with one attached hydrogen (secondary N) is 1. The number of benzene rings is 1. The van der Waals surface area contributed by atoms with Gasteiger partial charge in [-0.2, -0.15) is 0 Å². The molecule has 1 N–H and O–H groups in total. The van der Waals surface area contributed by atoms with Gasteiger partial charge in [0.1, 0.15) is 5.16 Å². The van der Waals surface area contributed by atoms with E-state index in [4.69, 9.17) is 11.6 Å². The minimum absolute atomic E-state index is 0.307. The molecule has 0 saturated heterocycles. The second kappa shape index (κ2) is 4.32. The van der Waals surface area contributed by atoms with Crippen molar-refractivity contribution in [2.45, 2.75) is 17.7 Å². The Morgan fingerprint density at radius 2 is 2.05 bits per heavy atom. The molecule has 0 atom stereocenters. The van der Waals surface area contributed by atoms with Crippen molar-refractivity contribution >= 4 is 27.1 Å². The molecule has 2 heterocycles. The molecule has 4 nitrogen and oxygen atoms in total. The van der Waals surface area contributed by atoms with Crippen molar-refractivity contribution in [3.63, 3.8) is 0 Å². The molecule has 0 unspecified atom stereocenters. The summed E-state index contributed by atoms with van der Waals surface area (Å²) in [6.45, 7) is 0. The average Bonchev–Trinajstić information content (AvgIpc) is 2.66. The number of aliphatic imine (C=N–C) groups is 1. The highest BCUT2D eigenvalue weighted by Gasteiger charge is 2.38. The van der Waals surface area contributed by atoms with Crippen LogP contribution in [0.2, 0.25) is 0 Å². The Kier molecular flexibility index (Phi) is 2.65. The van der Waals surface area contributed by atoms with Crippen LogP contribution in [0.15, 0.2) is 67.8 Å². The van der Waals surface area contributed by atoms with Crippen LogP contribution in [0.4, 0.5) is 0 Å². The van der Waals surface area contributed by atoms with E-state index in [9.17, 15) is 8.42 Å². The molecule has 6 heteroatoms. The Balaban J connectivity index is 2.15. The van der Waals surface area contributed by atoms with Crippen LogP contribution in [0, 0.1) is 0 Å². The van der Waals surface area contributed by atoms with Crippen LogP contribution in [-0.4, -0.2) is 14.1 Å². The summed E-state index contributed by atoms with van der Waals surface area (Å²) >= 11 is 6.08. The van der Waals surface area contributed by atoms with E-state index in [1.54, 1.807) is 24.4 Å². The lowest BCUT2D eigenvalue weighted by Crippen LogP contribution is -2.27. The Labute approximate surface area is 127 Å². The zero-order chi connectivity index (χ0) is 14.6. The third-order valence-corrected chi connectivity index (χ3v) is 6.01. The Bertz CT molecular complexity index is 892. The van der Waals surface area contributed by atoms with Gasteiger partial charge in [0.05, 0.1) is 15.5 Å². The van der Waals surface area contributed by atoms with Crippen molar-refractivity contribution in [3.05, 3.63) is 63.4 Å². The number of hydrogen-bond donors (Lipinski definition) is 1. The first-order chi connectivity index (χ1) is 10.1. The average molecular weight is 319 g/mol. The maximum absolute atomic E-state index is 12.8.